The third-order valence-corrected chi connectivity index (χ3v) is 13.6. The molecule has 2 atom stereocenters. The SMILES string of the molecule is C=C(C)C1CCC(C)(O)CC1.C=C1CCC(C(C)(C)O)CC1.CC(C)=C1CCC(C)(O)CC1.CC1=CCC(C(C)(C)O)CC1.CC1=CCC(O)(C(C)C)CC1. The van der Waals surface area contributed by atoms with Gasteiger partial charge in [-0.1, -0.05) is 72.6 Å². The number of aliphatic hydroxyl groups is 5. The molecule has 0 aliphatic heterocycles. The molecular weight excluding hydrogens is 681 g/mol. The molecule has 3 fully saturated rings. The molecule has 5 nitrogen and oxygen atoms in total. The van der Waals surface area contributed by atoms with E-state index in [2.05, 4.69) is 73.8 Å². The number of rotatable bonds is 4. The molecular formula is C50H90O5. The zero-order valence-corrected chi connectivity index (χ0v) is 38.3. The fraction of sp³-hybridized carbons (Fsp3) is 0.800. The quantitative estimate of drug-likeness (QED) is 0.183. The average Bonchev–Trinajstić information content (AvgIpc) is 3.06. The fourth-order valence-electron chi connectivity index (χ4n) is 8.16. The number of hydrogen-bond donors (Lipinski definition) is 5. The van der Waals surface area contributed by atoms with Crippen molar-refractivity contribution in [2.24, 2.45) is 23.7 Å². The topological polar surface area (TPSA) is 101 Å². The van der Waals surface area contributed by atoms with Crippen molar-refractivity contribution in [1.29, 1.82) is 0 Å². The van der Waals surface area contributed by atoms with Gasteiger partial charge in [0.15, 0.2) is 0 Å². The van der Waals surface area contributed by atoms with Crippen LogP contribution in [-0.2, 0) is 0 Å². The Morgan fingerprint density at radius 2 is 1.13 bits per heavy atom. The summed E-state index contributed by atoms with van der Waals surface area (Å²) in [5, 5.41) is 48.7. The van der Waals surface area contributed by atoms with Crippen LogP contribution >= 0.6 is 0 Å². The minimum atomic E-state index is -0.489. The van der Waals surface area contributed by atoms with Crippen molar-refractivity contribution in [2.45, 2.75) is 234 Å². The largest absolute Gasteiger partial charge is 0.390 e. The Kier molecular flexibility index (Phi) is 21.2. The molecule has 0 aromatic carbocycles. The minimum absolute atomic E-state index is 0.381. The van der Waals surface area contributed by atoms with E-state index in [0.29, 0.717) is 23.7 Å². The van der Waals surface area contributed by atoms with Crippen LogP contribution in [0.1, 0.15) is 206 Å². The molecule has 5 N–H and O–H groups in total. The summed E-state index contributed by atoms with van der Waals surface area (Å²) in [5.41, 5.74) is 6.35. The maximum atomic E-state index is 10.0. The zero-order valence-electron chi connectivity index (χ0n) is 38.3. The molecule has 0 saturated heterocycles. The van der Waals surface area contributed by atoms with Crippen molar-refractivity contribution < 1.29 is 25.5 Å². The summed E-state index contributed by atoms with van der Waals surface area (Å²) in [5.74, 6) is 1.99. The molecule has 5 aliphatic rings. The number of hydrogen-bond acceptors (Lipinski definition) is 5. The van der Waals surface area contributed by atoms with E-state index in [0.717, 1.165) is 116 Å². The highest BCUT2D eigenvalue weighted by Crippen LogP contribution is 2.37. The normalized spacial score (nSPS) is 30.4. The summed E-state index contributed by atoms with van der Waals surface area (Å²) in [7, 11) is 0. The lowest BCUT2D eigenvalue weighted by Gasteiger charge is -2.34. The van der Waals surface area contributed by atoms with Gasteiger partial charge in [-0.3, -0.25) is 0 Å². The van der Waals surface area contributed by atoms with Gasteiger partial charge in [-0.15, -0.1) is 0 Å². The third-order valence-electron chi connectivity index (χ3n) is 13.6. The molecule has 0 bridgehead atoms. The Morgan fingerprint density at radius 1 is 0.673 bits per heavy atom. The summed E-state index contributed by atoms with van der Waals surface area (Å²) < 4.78 is 0. The van der Waals surface area contributed by atoms with Crippen LogP contribution in [0.2, 0.25) is 0 Å². The van der Waals surface area contributed by atoms with Gasteiger partial charge in [-0.2, -0.15) is 0 Å². The van der Waals surface area contributed by atoms with Crippen molar-refractivity contribution in [3.8, 4) is 0 Å². The summed E-state index contributed by atoms with van der Waals surface area (Å²) in [4.78, 5) is 0. The lowest BCUT2D eigenvalue weighted by Crippen LogP contribution is -2.36. The molecule has 0 aromatic rings. The van der Waals surface area contributed by atoms with Crippen LogP contribution in [0.15, 0.2) is 58.7 Å². The first-order valence-corrected chi connectivity index (χ1v) is 22.0. The van der Waals surface area contributed by atoms with E-state index in [1.807, 2.05) is 41.5 Å². The smallest absolute Gasteiger partial charge is 0.0707 e. The van der Waals surface area contributed by atoms with Crippen molar-refractivity contribution in [3.63, 3.8) is 0 Å². The molecule has 0 spiro atoms. The first-order valence-electron chi connectivity index (χ1n) is 22.0. The van der Waals surface area contributed by atoms with E-state index in [4.69, 9.17) is 0 Å². The molecule has 0 heterocycles. The second-order valence-corrected chi connectivity index (χ2v) is 20.6. The van der Waals surface area contributed by atoms with E-state index in [1.54, 1.807) is 5.57 Å². The highest BCUT2D eigenvalue weighted by atomic mass is 16.3. The molecule has 0 amide bonds. The highest BCUT2D eigenvalue weighted by molar-refractivity contribution is 5.13. The third kappa shape index (κ3) is 20.7. The van der Waals surface area contributed by atoms with Crippen molar-refractivity contribution in [2.75, 3.05) is 0 Å². The standard InChI is InChI=1S/5C10H18O/c2*1-8-4-6-9(7-5-8)10(2,3)11;2*1-8(2)9-4-6-10(3,11)7-5-9;1-8(2)10(11)6-4-9(3)5-7-10/h4,9,11H,5-7H2,1-3H3;9,11H,1,4-7H2,2-3H3;11H,4-7H2,1-3H3;9,11H,1,4-7H2,2-3H3;4,8,11H,5-7H2,1-3H3. The molecule has 5 aliphatic carbocycles. The maximum absolute atomic E-state index is 10.0. The van der Waals surface area contributed by atoms with E-state index in [1.165, 1.54) is 27.9 Å². The van der Waals surface area contributed by atoms with E-state index < -0.39 is 22.4 Å². The fourth-order valence-corrected chi connectivity index (χ4v) is 8.16. The van der Waals surface area contributed by atoms with Gasteiger partial charge in [0.25, 0.3) is 0 Å². The van der Waals surface area contributed by atoms with Gasteiger partial charge < -0.3 is 25.5 Å². The van der Waals surface area contributed by atoms with Crippen LogP contribution < -0.4 is 0 Å². The van der Waals surface area contributed by atoms with Crippen LogP contribution in [0.3, 0.4) is 0 Å². The van der Waals surface area contributed by atoms with Crippen molar-refractivity contribution >= 4 is 0 Å². The number of allylic oxidation sites excluding steroid dienone is 7. The summed E-state index contributed by atoms with van der Waals surface area (Å²) in [6, 6.07) is 0. The molecule has 0 radical (unpaired) electrons. The molecule has 55 heavy (non-hydrogen) atoms. The van der Waals surface area contributed by atoms with Crippen LogP contribution in [0, 0.1) is 23.7 Å². The van der Waals surface area contributed by atoms with Gasteiger partial charge in [0.1, 0.15) is 0 Å². The van der Waals surface area contributed by atoms with E-state index in [-0.39, 0.29) is 5.60 Å². The predicted octanol–water partition coefficient (Wildman–Crippen LogP) is 12.7. The van der Waals surface area contributed by atoms with Gasteiger partial charge in [0.05, 0.1) is 28.0 Å². The van der Waals surface area contributed by atoms with Crippen LogP contribution in [0.5, 0.6) is 0 Å². The van der Waals surface area contributed by atoms with Crippen LogP contribution in [0.25, 0.3) is 0 Å². The second kappa shape index (κ2) is 22.6. The van der Waals surface area contributed by atoms with Gasteiger partial charge in [-0.05, 0) is 215 Å². The predicted molar refractivity (Wildman–Crippen MR) is 237 cm³/mol. The van der Waals surface area contributed by atoms with Gasteiger partial charge in [0.2, 0.25) is 0 Å². The Hall–Kier alpha value is -1.50. The Morgan fingerprint density at radius 3 is 1.49 bits per heavy atom. The lowest BCUT2D eigenvalue weighted by atomic mass is 9.77. The molecule has 0 aromatic heterocycles. The van der Waals surface area contributed by atoms with E-state index in [9.17, 15) is 25.5 Å². The monoisotopic (exact) mass is 771 g/mol. The lowest BCUT2D eigenvalue weighted by molar-refractivity contribution is -0.0140. The maximum Gasteiger partial charge on any atom is 0.0707 e. The van der Waals surface area contributed by atoms with Crippen molar-refractivity contribution in [3.05, 3.63) is 58.7 Å². The zero-order chi connectivity index (χ0) is 42.4. The van der Waals surface area contributed by atoms with Crippen LogP contribution in [-0.4, -0.2) is 53.5 Å². The summed E-state index contributed by atoms with van der Waals surface area (Å²) in [6.07, 6.45) is 23.2. The van der Waals surface area contributed by atoms with E-state index >= 15 is 0 Å². The molecule has 5 heteroatoms. The summed E-state index contributed by atoms with van der Waals surface area (Å²) in [6.45, 7) is 34.3. The van der Waals surface area contributed by atoms with Gasteiger partial charge >= 0.3 is 0 Å². The first-order chi connectivity index (χ1) is 25.1. The Balaban J connectivity index is 0.000000344. The van der Waals surface area contributed by atoms with Gasteiger partial charge in [0, 0.05) is 0 Å². The molecule has 320 valence electrons. The second-order valence-electron chi connectivity index (χ2n) is 20.6. The molecule has 2 unspecified atom stereocenters. The first kappa shape index (κ1) is 51.5. The van der Waals surface area contributed by atoms with Crippen molar-refractivity contribution in [1.82, 2.24) is 0 Å². The summed E-state index contributed by atoms with van der Waals surface area (Å²) >= 11 is 0. The van der Waals surface area contributed by atoms with Gasteiger partial charge in [-0.25, -0.2) is 0 Å². The Labute approximate surface area is 340 Å². The molecule has 3 saturated carbocycles. The van der Waals surface area contributed by atoms with Crippen LogP contribution in [0.4, 0.5) is 0 Å². The highest BCUT2D eigenvalue weighted by Gasteiger charge is 2.32. The Bertz CT molecular complexity index is 1240. The molecule has 5 rings (SSSR count). The minimum Gasteiger partial charge on any atom is -0.390 e. The average molecular weight is 771 g/mol.